The average Bonchev–Trinajstić information content (AvgIpc) is 3.70. The molecule has 7 heteroatoms. The van der Waals surface area contributed by atoms with Gasteiger partial charge in [0.15, 0.2) is 5.78 Å². The predicted octanol–water partition coefficient (Wildman–Crippen LogP) is 7.22. The third kappa shape index (κ3) is 6.86. The van der Waals surface area contributed by atoms with Crippen molar-refractivity contribution in [2.24, 2.45) is 11.8 Å². The minimum Gasteiger partial charge on any atom is -0.466 e. The van der Waals surface area contributed by atoms with Gasteiger partial charge >= 0.3 is 5.97 Å². The quantitative estimate of drug-likeness (QED) is 0.123. The van der Waals surface area contributed by atoms with Crippen LogP contribution in [0.3, 0.4) is 0 Å². The monoisotopic (exact) mass is 537 g/mol. The van der Waals surface area contributed by atoms with Crippen LogP contribution in [0.2, 0.25) is 0 Å². The molecular weight excluding hydrogens is 497 g/mol. The Hall–Kier alpha value is -2.80. The van der Waals surface area contributed by atoms with E-state index in [9.17, 15) is 14.0 Å². The number of ether oxygens (including phenoxy) is 2. The number of aromatic nitrogens is 1. The van der Waals surface area contributed by atoms with Gasteiger partial charge < -0.3 is 13.9 Å². The number of hydrogen-bond donors (Lipinski definition) is 0. The van der Waals surface area contributed by atoms with Crippen molar-refractivity contribution >= 4 is 17.8 Å². The van der Waals surface area contributed by atoms with Crippen LogP contribution in [0.15, 0.2) is 35.0 Å². The highest BCUT2D eigenvalue weighted by Gasteiger charge is 2.51. The number of unbranched alkanes of at least 4 members (excludes halogenated alkanes) is 2. The van der Waals surface area contributed by atoms with E-state index in [-0.39, 0.29) is 35.6 Å². The molecule has 5 rings (SSSR count). The van der Waals surface area contributed by atoms with Gasteiger partial charge in [0.2, 0.25) is 5.89 Å². The predicted molar refractivity (Wildman–Crippen MR) is 146 cm³/mol. The Bertz CT molecular complexity index is 1170. The van der Waals surface area contributed by atoms with Crippen molar-refractivity contribution in [2.45, 2.75) is 102 Å². The van der Waals surface area contributed by atoms with E-state index in [4.69, 9.17) is 13.9 Å². The minimum atomic E-state index is -0.465. The lowest BCUT2D eigenvalue weighted by Gasteiger charge is -2.26. The Morgan fingerprint density at radius 1 is 1.08 bits per heavy atom. The van der Waals surface area contributed by atoms with Gasteiger partial charge in [0.25, 0.3) is 0 Å². The first-order chi connectivity index (χ1) is 19.0. The molecule has 1 saturated carbocycles. The van der Waals surface area contributed by atoms with Crippen LogP contribution in [-0.4, -0.2) is 36.1 Å². The maximum Gasteiger partial charge on any atom is 0.330 e. The van der Waals surface area contributed by atoms with E-state index in [0.29, 0.717) is 24.4 Å². The Labute approximate surface area is 230 Å². The molecule has 2 aliphatic heterocycles. The van der Waals surface area contributed by atoms with Gasteiger partial charge in [-0.05, 0) is 60.9 Å². The molecule has 2 saturated heterocycles. The Kier molecular flexibility index (Phi) is 9.28. The van der Waals surface area contributed by atoms with Crippen molar-refractivity contribution < 1.29 is 27.9 Å². The zero-order valence-electron chi connectivity index (χ0n) is 22.9. The standard InChI is InChI=1S/C32H40FNO5/c1-37-30(36)17-13-22-12-14-24(33)18-23(22)19-25-28-15-16-29(39-28)31(25)32-34-26(20-38-32)27(35)11-7-3-6-10-21-8-4-2-5-9-21/h12-14,17-18,20-21,25,28-29,31H,2-11,15-16,19H2,1H3/b17-13+. The second kappa shape index (κ2) is 13.0. The number of Topliss-reactive ketones (excluding diaryl/α,β-unsaturated/α-hetero) is 1. The molecule has 2 aromatic rings. The number of ketones is 1. The summed E-state index contributed by atoms with van der Waals surface area (Å²) in [6, 6.07) is 4.57. The van der Waals surface area contributed by atoms with Crippen LogP contribution < -0.4 is 0 Å². The second-order valence-electron chi connectivity index (χ2n) is 11.5. The highest BCUT2D eigenvalue weighted by Crippen LogP contribution is 2.50. The van der Waals surface area contributed by atoms with Crippen LogP contribution in [0.25, 0.3) is 6.08 Å². The second-order valence-corrected chi connectivity index (χ2v) is 11.5. The molecule has 3 fully saturated rings. The van der Waals surface area contributed by atoms with Gasteiger partial charge in [-0.15, -0.1) is 0 Å². The lowest BCUT2D eigenvalue weighted by Crippen LogP contribution is -2.28. The first-order valence-electron chi connectivity index (χ1n) is 14.7. The molecule has 1 aromatic heterocycles. The summed E-state index contributed by atoms with van der Waals surface area (Å²) in [6.07, 6.45) is 18.7. The van der Waals surface area contributed by atoms with Crippen LogP contribution in [0.1, 0.15) is 110 Å². The largest absolute Gasteiger partial charge is 0.466 e. The third-order valence-electron chi connectivity index (χ3n) is 8.92. The average molecular weight is 538 g/mol. The van der Waals surface area contributed by atoms with Crippen LogP contribution in [0.5, 0.6) is 0 Å². The highest BCUT2D eigenvalue weighted by atomic mass is 19.1. The van der Waals surface area contributed by atoms with Gasteiger partial charge in [0, 0.05) is 18.4 Å². The summed E-state index contributed by atoms with van der Waals surface area (Å²) in [5, 5.41) is 0. The minimum absolute atomic E-state index is 0.0240. The molecule has 0 N–H and O–H groups in total. The molecule has 0 radical (unpaired) electrons. The fourth-order valence-electron chi connectivity index (χ4n) is 6.84. The van der Waals surface area contributed by atoms with Crippen LogP contribution in [0, 0.1) is 17.7 Å². The van der Waals surface area contributed by atoms with Crippen molar-refractivity contribution in [2.75, 3.05) is 7.11 Å². The smallest absolute Gasteiger partial charge is 0.330 e. The van der Waals surface area contributed by atoms with Crippen molar-refractivity contribution in [3.05, 3.63) is 59.1 Å². The molecule has 0 amide bonds. The number of nitrogens with zero attached hydrogens (tertiary/aromatic N) is 1. The lowest BCUT2D eigenvalue weighted by atomic mass is 9.75. The number of benzene rings is 1. The van der Waals surface area contributed by atoms with E-state index in [1.165, 1.54) is 76.5 Å². The lowest BCUT2D eigenvalue weighted by molar-refractivity contribution is -0.134. The Morgan fingerprint density at radius 3 is 2.72 bits per heavy atom. The summed E-state index contributed by atoms with van der Waals surface area (Å²) in [6.45, 7) is 0. The first-order valence-corrected chi connectivity index (χ1v) is 14.7. The fourth-order valence-corrected chi connectivity index (χ4v) is 6.84. The number of oxazole rings is 1. The first kappa shape index (κ1) is 27.8. The molecule has 39 heavy (non-hydrogen) atoms. The third-order valence-corrected chi connectivity index (χ3v) is 8.92. The fraction of sp³-hybridized carbons (Fsp3) is 0.594. The van der Waals surface area contributed by atoms with Crippen LogP contribution in [0.4, 0.5) is 4.39 Å². The van der Waals surface area contributed by atoms with E-state index in [1.807, 2.05) is 0 Å². The zero-order chi connectivity index (χ0) is 27.2. The number of esters is 1. The van der Waals surface area contributed by atoms with Crippen molar-refractivity contribution in [1.29, 1.82) is 0 Å². The molecule has 6 nitrogen and oxygen atoms in total. The van der Waals surface area contributed by atoms with Gasteiger partial charge in [0.05, 0.1) is 25.2 Å². The zero-order valence-corrected chi connectivity index (χ0v) is 22.9. The van der Waals surface area contributed by atoms with Crippen molar-refractivity contribution in [3.63, 3.8) is 0 Å². The van der Waals surface area contributed by atoms with Gasteiger partial charge in [-0.1, -0.05) is 57.4 Å². The SMILES string of the molecule is COC(=O)/C=C/c1ccc(F)cc1CC1C2CCC(O2)C1c1nc(C(=O)CCCCCC2CCCCC2)co1. The van der Waals surface area contributed by atoms with Gasteiger partial charge in [-0.25, -0.2) is 14.2 Å². The molecule has 3 aliphatic rings. The molecule has 4 unspecified atom stereocenters. The van der Waals surface area contributed by atoms with Gasteiger partial charge in [-0.2, -0.15) is 0 Å². The number of fused-ring (bicyclic) bond motifs is 2. The molecule has 2 bridgehead atoms. The highest BCUT2D eigenvalue weighted by molar-refractivity contribution is 5.93. The number of carbonyl (C=O) groups excluding carboxylic acids is 2. The molecule has 1 aliphatic carbocycles. The summed E-state index contributed by atoms with van der Waals surface area (Å²) in [5.41, 5.74) is 1.94. The molecule has 210 valence electrons. The molecular formula is C32H40FNO5. The Morgan fingerprint density at radius 2 is 1.90 bits per heavy atom. The van der Waals surface area contributed by atoms with E-state index >= 15 is 0 Å². The Balaban J connectivity index is 1.21. The number of hydrogen-bond acceptors (Lipinski definition) is 6. The topological polar surface area (TPSA) is 78.6 Å². The van der Waals surface area contributed by atoms with Crippen LogP contribution >= 0.6 is 0 Å². The van der Waals surface area contributed by atoms with Gasteiger partial charge in [0.1, 0.15) is 17.8 Å². The van der Waals surface area contributed by atoms with Gasteiger partial charge in [-0.3, -0.25) is 4.79 Å². The maximum atomic E-state index is 14.2. The summed E-state index contributed by atoms with van der Waals surface area (Å²) >= 11 is 0. The molecule has 0 spiro atoms. The van der Waals surface area contributed by atoms with Crippen LogP contribution in [-0.2, 0) is 20.7 Å². The van der Waals surface area contributed by atoms with E-state index in [0.717, 1.165) is 42.7 Å². The van der Waals surface area contributed by atoms with Crippen molar-refractivity contribution in [3.8, 4) is 0 Å². The van der Waals surface area contributed by atoms with Crippen molar-refractivity contribution in [1.82, 2.24) is 4.98 Å². The number of carbonyl (C=O) groups is 2. The number of rotatable bonds is 12. The van der Waals surface area contributed by atoms with E-state index in [2.05, 4.69) is 4.98 Å². The molecule has 3 heterocycles. The normalized spacial score (nSPS) is 25.0. The summed E-state index contributed by atoms with van der Waals surface area (Å²) < 4.78 is 31.0. The summed E-state index contributed by atoms with van der Waals surface area (Å²) in [5.74, 6) is 0.603. The van der Waals surface area contributed by atoms with E-state index in [1.54, 1.807) is 12.1 Å². The maximum absolute atomic E-state index is 14.2. The molecule has 1 aromatic carbocycles. The molecule has 4 atom stereocenters. The number of methoxy groups -OCH3 is 1. The summed E-state index contributed by atoms with van der Waals surface area (Å²) in [4.78, 5) is 29.1. The van der Waals surface area contributed by atoms with E-state index < -0.39 is 5.97 Å². The number of halogens is 1. The summed E-state index contributed by atoms with van der Waals surface area (Å²) in [7, 11) is 1.32.